The van der Waals surface area contributed by atoms with Gasteiger partial charge in [0.1, 0.15) is 5.75 Å². The van der Waals surface area contributed by atoms with Gasteiger partial charge in [-0.15, -0.1) is 0 Å². The van der Waals surface area contributed by atoms with Crippen LogP contribution in [0.2, 0.25) is 0 Å². The Morgan fingerprint density at radius 1 is 1.08 bits per heavy atom. The molecule has 0 bridgehead atoms. The van der Waals surface area contributed by atoms with Gasteiger partial charge in [0.2, 0.25) is 0 Å². The predicted molar refractivity (Wildman–Crippen MR) is 157 cm³/mol. The monoisotopic (exact) mass is 542 g/mol. The lowest BCUT2D eigenvalue weighted by Gasteiger charge is -2.28. The Hall–Kier alpha value is -4.44. The molecule has 200 valence electrons. The molecule has 5 rings (SSSR count). The van der Waals surface area contributed by atoms with E-state index in [1.807, 2.05) is 50.7 Å². The molecule has 39 heavy (non-hydrogen) atoms. The molecule has 2 atom stereocenters. The Kier molecular flexibility index (Phi) is 6.96. The molecule has 2 aromatic carbocycles. The number of nitrogens with one attached hydrogen (secondary N) is 1. The molecule has 3 heterocycles. The van der Waals surface area contributed by atoms with Crippen molar-refractivity contribution in [2.24, 2.45) is 0 Å². The lowest BCUT2D eigenvalue weighted by atomic mass is 9.96. The number of methoxy groups -OCH3 is 1. The van der Waals surface area contributed by atoms with Crippen molar-refractivity contribution in [2.45, 2.75) is 25.9 Å². The quantitative estimate of drug-likeness (QED) is 0.182. The molecule has 1 saturated heterocycles. The number of pyridine rings is 1. The van der Waals surface area contributed by atoms with Crippen LogP contribution in [0.4, 0.5) is 17.1 Å². The summed E-state index contributed by atoms with van der Waals surface area (Å²) in [5, 5.41) is 15.7. The summed E-state index contributed by atoms with van der Waals surface area (Å²) in [5.41, 5.74) is 6.40. The Bertz CT molecular complexity index is 1530. The second kappa shape index (κ2) is 10.4. The standard InChI is InChI=1S/C29H30N6O3S/c1-18-16-23(19(2)33(18)25-17-22(35(36)37)13-14-26(25)38-5)28-27(24-8-6-7-15-30-24)31-29(39)34(28)21-11-9-20(10-12-21)32(3)4/h6-17,27-28H,1-5H3,(H,31,39). The summed E-state index contributed by atoms with van der Waals surface area (Å²) in [6.45, 7) is 4.01. The molecule has 0 spiro atoms. The highest BCUT2D eigenvalue weighted by molar-refractivity contribution is 7.80. The van der Waals surface area contributed by atoms with E-state index in [2.05, 4.69) is 50.4 Å². The molecular formula is C29H30N6O3S. The second-order valence-electron chi connectivity index (χ2n) is 9.68. The largest absolute Gasteiger partial charge is 0.495 e. The van der Waals surface area contributed by atoms with E-state index in [-0.39, 0.29) is 17.8 Å². The van der Waals surface area contributed by atoms with E-state index in [1.165, 1.54) is 6.07 Å². The Morgan fingerprint density at radius 3 is 2.44 bits per heavy atom. The highest BCUT2D eigenvalue weighted by atomic mass is 32.1. The van der Waals surface area contributed by atoms with E-state index in [9.17, 15) is 10.1 Å². The number of hydrogen-bond acceptors (Lipinski definition) is 6. The van der Waals surface area contributed by atoms with E-state index < -0.39 is 4.92 Å². The first-order chi connectivity index (χ1) is 18.7. The molecule has 10 heteroatoms. The fraction of sp³-hybridized carbons (Fsp3) is 0.241. The zero-order valence-corrected chi connectivity index (χ0v) is 23.3. The average molecular weight is 543 g/mol. The first-order valence-electron chi connectivity index (χ1n) is 12.5. The van der Waals surface area contributed by atoms with Crippen molar-refractivity contribution in [3.8, 4) is 11.4 Å². The molecule has 2 unspecified atom stereocenters. The van der Waals surface area contributed by atoms with E-state index in [4.69, 9.17) is 17.0 Å². The Balaban J connectivity index is 1.69. The van der Waals surface area contributed by atoms with E-state index >= 15 is 0 Å². The van der Waals surface area contributed by atoms with Crippen LogP contribution < -0.4 is 19.9 Å². The highest BCUT2D eigenvalue weighted by Crippen LogP contribution is 2.44. The van der Waals surface area contributed by atoms with Gasteiger partial charge in [-0.2, -0.15) is 0 Å². The van der Waals surface area contributed by atoms with Crippen LogP contribution in [-0.4, -0.2) is 40.8 Å². The highest BCUT2D eigenvalue weighted by Gasteiger charge is 2.42. The third-order valence-electron chi connectivity index (χ3n) is 7.15. The van der Waals surface area contributed by atoms with Crippen LogP contribution in [-0.2, 0) is 0 Å². The number of anilines is 2. The number of nitrogens with zero attached hydrogens (tertiary/aromatic N) is 5. The van der Waals surface area contributed by atoms with Gasteiger partial charge in [0.15, 0.2) is 5.11 Å². The molecule has 0 saturated carbocycles. The molecule has 1 fully saturated rings. The van der Waals surface area contributed by atoms with Gasteiger partial charge in [0.25, 0.3) is 5.69 Å². The fourth-order valence-electron chi connectivity index (χ4n) is 5.28. The first kappa shape index (κ1) is 26.2. The molecule has 0 aliphatic carbocycles. The van der Waals surface area contributed by atoms with Crippen LogP contribution >= 0.6 is 12.2 Å². The minimum Gasteiger partial charge on any atom is -0.495 e. The summed E-state index contributed by atoms with van der Waals surface area (Å²) in [6, 6.07) is 20.4. The van der Waals surface area contributed by atoms with Gasteiger partial charge in [-0.25, -0.2) is 0 Å². The summed E-state index contributed by atoms with van der Waals surface area (Å²) in [4.78, 5) is 20.0. The molecule has 0 radical (unpaired) electrons. The van der Waals surface area contributed by atoms with Crippen LogP contribution in [0.1, 0.15) is 34.7 Å². The van der Waals surface area contributed by atoms with Gasteiger partial charge in [-0.3, -0.25) is 15.1 Å². The molecule has 1 N–H and O–H groups in total. The Morgan fingerprint density at radius 2 is 1.82 bits per heavy atom. The minimum atomic E-state index is -0.395. The van der Waals surface area contributed by atoms with Crippen LogP contribution in [0, 0.1) is 24.0 Å². The predicted octanol–water partition coefficient (Wildman–Crippen LogP) is 5.65. The van der Waals surface area contributed by atoms with Gasteiger partial charge in [-0.05, 0) is 80.2 Å². The maximum absolute atomic E-state index is 11.6. The number of benzene rings is 2. The lowest BCUT2D eigenvalue weighted by Crippen LogP contribution is -2.29. The van der Waals surface area contributed by atoms with Gasteiger partial charge >= 0.3 is 0 Å². The van der Waals surface area contributed by atoms with Crippen LogP contribution in [0.25, 0.3) is 5.69 Å². The molecule has 2 aromatic heterocycles. The number of thiocarbonyl (C=S) groups is 1. The minimum absolute atomic E-state index is 0.00229. The number of nitro benzene ring substituents is 1. The van der Waals surface area contributed by atoms with Gasteiger partial charge in [-0.1, -0.05) is 6.07 Å². The van der Waals surface area contributed by atoms with Crippen molar-refractivity contribution >= 4 is 34.4 Å². The summed E-state index contributed by atoms with van der Waals surface area (Å²) >= 11 is 5.90. The molecule has 4 aromatic rings. The smallest absolute Gasteiger partial charge is 0.271 e. The number of nitro groups is 1. The molecule has 1 aliphatic heterocycles. The summed E-state index contributed by atoms with van der Waals surface area (Å²) < 4.78 is 7.61. The van der Waals surface area contributed by atoms with Crippen LogP contribution in [0.3, 0.4) is 0 Å². The maximum Gasteiger partial charge on any atom is 0.271 e. The van der Waals surface area contributed by atoms with Crippen LogP contribution in [0.15, 0.2) is 72.9 Å². The fourth-order valence-corrected chi connectivity index (χ4v) is 5.63. The SMILES string of the molecule is COc1ccc([N+](=O)[O-])cc1-n1c(C)cc(C2C(c3ccccn3)NC(=S)N2c2ccc(N(C)C)cc2)c1C. The van der Waals surface area contributed by atoms with Crippen molar-refractivity contribution in [1.29, 1.82) is 0 Å². The average Bonchev–Trinajstić information content (AvgIpc) is 3.43. The van der Waals surface area contributed by atoms with Crippen molar-refractivity contribution in [1.82, 2.24) is 14.9 Å². The van der Waals surface area contributed by atoms with Gasteiger partial charge in [0, 0.05) is 55.2 Å². The van der Waals surface area contributed by atoms with Gasteiger partial charge < -0.3 is 24.4 Å². The van der Waals surface area contributed by atoms with E-state index in [0.29, 0.717) is 16.5 Å². The zero-order chi connectivity index (χ0) is 27.8. The topological polar surface area (TPSA) is 88.7 Å². The van der Waals surface area contributed by atoms with Crippen molar-refractivity contribution < 1.29 is 9.66 Å². The molecule has 0 amide bonds. The van der Waals surface area contributed by atoms with Crippen molar-refractivity contribution in [2.75, 3.05) is 31.0 Å². The lowest BCUT2D eigenvalue weighted by molar-refractivity contribution is -0.384. The third kappa shape index (κ3) is 4.67. The number of hydrogen-bond donors (Lipinski definition) is 1. The summed E-state index contributed by atoms with van der Waals surface area (Å²) in [7, 11) is 5.58. The maximum atomic E-state index is 11.6. The summed E-state index contributed by atoms with van der Waals surface area (Å²) in [5.74, 6) is 0.548. The Labute approximate surface area is 232 Å². The number of non-ortho nitro benzene ring substituents is 1. The summed E-state index contributed by atoms with van der Waals surface area (Å²) in [6.07, 6.45) is 1.78. The van der Waals surface area contributed by atoms with Crippen molar-refractivity contribution in [3.63, 3.8) is 0 Å². The number of aromatic nitrogens is 2. The normalized spacial score (nSPS) is 16.7. The molecule has 1 aliphatic rings. The number of rotatable bonds is 7. The van der Waals surface area contributed by atoms with Crippen molar-refractivity contribution in [3.05, 3.63) is 106 Å². The first-order valence-corrected chi connectivity index (χ1v) is 12.9. The third-order valence-corrected chi connectivity index (χ3v) is 7.46. The van der Waals surface area contributed by atoms with E-state index in [1.54, 1.807) is 25.4 Å². The molecular weight excluding hydrogens is 512 g/mol. The number of aryl methyl sites for hydroxylation is 1. The zero-order valence-electron chi connectivity index (χ0n) is 22.5. The van der Waals surface area contributed by atoms with Crippen LogP contribution in [0.5, 0.6) is 5.75 Å². The molecule has 9 nitrogen and oxygen atoms in total. The second-order valence-corrected chi connectivity index (χ2v) is 10.1. The van der Waals surface area contributed by atoms with E-state index in [0.717, 1.165) is 34.0 Å². The van der Waals surface area contributed by atoms with Gasteiger partial charge in [0.05, 0.1) is 35.5 Å². The number of ether oxygens (including phenoxy) is 1.